The van der Waals surface area contributed by atoms with Gasteiger partial charge in [-0.3, -0.25) is 4.79 Å². The summed E-state index contributed by atoms with van der Waals surface area (Å²) in [6.07, 6.45) is -0.0594. The van der Waals surface area contributed by atoms with Crippen LogP contribution < -0.4 is 10.6 Å². The minimum absolute atomic E-state index is 0. The van der Waals surface area contributed by atoms with Crippen LogP contribution >= 0.6 is 12.4 Å². The lowest BCUT2D eigenvalue weighted by atomic mass is 9.85. The Hall–Kier alpha value is -1.27. The topological polar surface area (TPSA) is 41.1 Å². The predicted molar refractivity (Wildman–Crippen MR) is 88.6 cm³/mol. The molecule has 1 saturated heterocycles. The highest BCUT2D eigenvalue weighted by atomic mass is 35.5. The number of carbonyl (C=O) groups is 1. The van der Waals surface area contributed by atoms with Crippen molar-refractivity contribution >= 4 is 18.3 Å². The Kier molecular flexibility index (Phi) is 6.15. The first-order valence-electron chi connectivity index (χ1n) is 8.18. The molecule has 1 heterocycles. The van der Waals surface area contributed by atoms with Gasteiger partial charge >= 0.3 is 6.18 Å². The molecule has 2 N–H and O–H groups in total. The van der Waals surface area contributed by atoms with Gasteiger partial charge in [-0.1, -0.05) is 0 Å². The molecule has 3 rings (SSSR count). The lowest BCUT2D eigenvalue weighted by molar-refractivity contribution is -0.138. The van der Waals surface area contributed by atoms with Gasteiger partial charge in [0, 0.05) is 11.6 Å². The molecule has 2 aliphatic rings. The van der Waals surface area contributed by atoms with Crippen molar-refractivity contribution in [3.05, 3.63) is 34.9 Å². The zero-order chi connectivity index (χ0) is 16.4. The van der Waals surface area contributed by atoms with E-state index in [1.165, 1.54) is 12.1 Å². The van der Waals surface area contributed by atoms with E-state index in [-0.39, 0.29) is 35.8 Å². The molecule has 0 aromatic heterocycles. The number of amides is 1. The second-order valence-corrected chi connectivity index (χ2v) is 6.43. The number of benzene rings is 1. The van der Waals surface area contributed by atoms with Crippen LogP contribution in [0, 0.1) is 0 Å². The van der Waals surface area contributed by atoms with Crippen LogP contribution in [0.15, 0.2) is 18.2 Å². The van der Waals surface area contributed by atoms with Gasteiger partial charge in [-0.15, -0.1) is 12.4 Å². The van der Waals surface area contributed by atoms with Gasteiger partial charge in [-0.2, -0.15) is 13.2 Å². The smallest absolute Gasteiger partial charge is 0.349 e. The van der Waals surface area contributed by atoms with E-state index < -0.39 is 11.7 Å². The van der Waals surface area contributed by atoms with Crippen molar-refractivity contribution in [1.82, 2.24) is 10.6 Å². The van der Waals surface area contributed by atoms with Crippen LogP contribution in [0.2, 0.25) is 0 Å². The van der Waals surface area contributed by atoms with Crippen LogP contribution in [0.25, 0.3) is 0 Å². The largest absolute Gasteiger partial charge is 0.416 e. The van der Waals surface area contributed by atoms with Crippen molar-refractivity contribution in [3.63, 3.8) is 0 Å². The standard InChI is InChI=1S/C17H21F3N2O.ClH/c18-17(19,20)15-5-4-12(16(23)22-13-2-1-3-13)10-14(15)11-6-8-21-9-7-11;/h4-5,10-11,13,21H,1-3,6-9H2,(H,22,23);1H. The maximum absolute atomic E-state index is 13.3. The molecule has 1 aromatic carbocycles. The summed E-state index contributed by atoms with van der Waals surface area (Å²) in [7, 11) is 0. The van der Waals surface area contributed by atoms with Crippen molar-refractivity contribution in [2.24, 2.45) is 0 Å². The highest BCUT2D eigenvalue weighted by Crippen LogP contribution is 2.38. The average Bonchev–Trinajstić information content (AvgIpc) is 2.50. The monoisotopic (exact) mass is 362 g/mol. The summed E-state index contributed by atoms with van der Waals surface area (Å²) in [5.74, 6) is -0.414. The quantitative estimate of drug-likeness (QED) is 0.856. The summed E-state index contributed by atoms with van der Waals surface area (Å²) in [5, 5.41) is 6.05. The molecule has 1 aliphatic carbocycles. The molecule has 0 radical (unpaired) electrons. The Labute approximate surface area is 145 Å². The Morgan fingerprint density at radius 2 is 1.79 bits per heavy atom. The van der Waals surface area contributed by atoms with E-state index in [1.54, 1.807) is 0 Å². The summed E-state index contributed by atoms with van der Waals surface area (Å²) in [6, 6.07) is 3.98. The summed E-state index contributed by atoms with van der Waals surface area (Å²) < 4.78 is 39.9. The SMILES string of the molecule is Cl.O=C(NC1CCC1)c1ccc(C(F)(F)F)c(C2CCNCC2)c1. The molecule has 0 atom stereocenters. The van der Waals surface area contributed by atoms with Gasteiger partial charge < -0.3 is 10.6 Å². The molecule has 0 spiro atoms. The van der Waals surface area contributed by atoms with E-state index in [0.717, 1.165) is 25.3 Å². The van der Waals surface area contributed by atoms with Crippen LogP contribution in [-0.4, -0.2) is 25.0 Å². The highest BCUT2D eigenvalue weighted by Gasteiger charge is 2.36. The average molecular weight is 363 g/mol. The van der Waals surface area contributed by atoms with E-state index in [2.05, 4.69) is 10.6 Å². The lowest BCUT2D eigenvalue weighted by Crippen LogP contribution is -2.39. The molecule has 1 aliphatic heterocycles. The first-order valence-corrected chi connectivity index (χ1v) is 8.18. The van der Waals surface area contributed by atoms with Crippen LogP contribution in [0.4, 0.5) is 13.2 Å². The normalized spacial score (nSPS) is 19.3. The molecule has 134 valence electrons. The lowest BCUT2D eigenvalue weighted by Gasteiger charge is -2.28. The van der Waals surface area contributed by atoms with Crippen molar-refractivity contribution in [3.8, 4) is 0 Å². The fraction of sp³-hybridized carbons (Fsp3) is 0.588. The molecule has 1 saturated carbocycles. The van der Waals surface area contributed by atoms with E-state index >= 15 is 0 Å². The summed E-state index contributed by atoms with van der Waals surface area (Å²) in [6.45, 7) is 1.42. The molecule has 0 bridgehead atoms. The molecule has 24 heavy (non-hydrogen) atoms. The highest BCUT2D eigenvalue weighted by molar-refractivity contribution is 5.94. The Morgan fingerprint density at radius 1 is 1.12 bits per heavy atom. The fourth-order valence-corrected chi connectivity index (χ4v) is 3.25. The summed E-state index contributed by atoms with van der Waals surface area (Å²) in [4.78, 5) is 12.2. The number of piperidine rings is 1. The van der Waals surface area contributed by atoms with Gasteiger partial charge in [0.15, 0.2) is 0 Å². The van der Waals surface area contributed by atoms with Crippen molar-refractivity contribution in [2.45, 2.75) is 50.2 Å². The molecule has 7 heteroatoms. The summed E-state index contributed by atoms with van der Waals surface area (Å²) in [5.41, 5.74) is -0.0108. The van der Waals surface area contributed by atoms with E-state index in [0.29, 0.717) is 31.5 Å². The van der Waals surface area contributed by atoms with E-state index in [1.807, 2.05) is 0 Å². The third kappa shape index (κ3) is 4.22. The Morgan fingerprint density at radius 3 is 2.33 bits per heavy atom. The first-order chi connectivity index (χ1) is 10.9. The molecular formula is C17H22ClF3N2O. The third-order valence-electron chi connectivity index (χ3n) is 4.84. The maximum Gasteiger partial charge on any atom is 0.416 e. The van der Waals surface area contributed by atoms with Gasteiger partial charge in [-0.05, 0) is 74.9 Å². The van der Waals surface area contributed by atoms with E-state index in [9.17, 15) is 18.0 Å². The van der Waals surface area contributed by atoms with Crippen molar-refractivity contribution in [1.29, 1.82) is 0 Å². The zero-order valence-corrected chi connectivity index (χ0v) is 14.1. The Bertz CT molecular complexity index is 582. The number of hydrogen-bond donors (Lipinski definition) is 2. The number of carbonyl (C=O) groups excluding carboxylic acids is 1. The summed E-state index contributed by atoms with van der Waals surface area (Å²) >= 11 is 0. The van der Waals surface area contributed by atoms with Gasteiger partial charge in [0.2, 0.25) is 0 Å². The predicted octanol–water partition coefficient (Wildman–Crippen LogP) is 3.88. The molecule has 1 amide bonds. The number of alkyl halides is 3. The molecular weight excluding hydrogens is 341 g/mol. The van der Waals surface area contributed by atoms with Crippen LogP contribution in [-0.2, 0) is 6.18 Å². The molecule has 0 unspecified atom stereocenters. The van der Waals surface area contributed by atoms with Crippen LogP contribution in [0.3, 0.4) is 0 Å². The molecule has 2 fully saturated rings. The first kappa shape index (κ1) is 19.1. The van der Waals surface area contributed by atoms with Crippen LogP contribution in [0.1, 0.15) is 59.5 Å². The van der Waals surface area contributed by atoms with Gasteiger partial charge in [0.25, 0.3) is 5.91 Å². The molecule has 3 nitrogen and oxygen atoms in total. The number of hydrogen-bond acceptors (Lipinski definition) is 2. The maximum atomic E-state index is 13.3. The Balaban J connectivity index is 0.00000208. The second-order valence-electron chi connectivity index (χ2n) is 6.43. The van der Waals surface area contributed by atoms with Crippen molar-refractivity contribution < 1.29 is 18.0 Å². The molecule has 1 aromatic rings. The van der Waals surface area contributed by atoms with Gasteiger partial charge in [0.05, 0.1) is 5.56 Å². The third-order valence-corrected chi connectivity index (χ3v) is 4.84. The number of rotatable bonds is 3. The van der Waals surface area contributed by atoms with Gasteiger partial charge in [0.1, 0.15) is 0 Å². The van der Waals surface area contributed by atoms with Crippen molar-refractivity contribution in [2.75, 3.05) is 13.1 Å². The second kappa shape index (κ2) is 7.74. The van der Waals surface area contributed by atoms with Crippen LogP contribution in [0.5, 0.6) is 0 Å². The minimum Gasteiger partial charge on any atom is -0.349 e. The fourth-order valence-electron chi connectivity index (χ4n) is 3.25. The zero-order valence-electron chi connectivity index (χ0n) is 13.3. The number of halogens is 4. The van der Waals surface area contributed by atoms with E-state index in [4.69, 9.17) is 0 Å². The minimum atomic E-state index is -4.39. The number of nitrogens with one attached hydrogen (secondary N) is 2. The van der Waals surface area contributed by atoms with Gasteiger partial charge in [-0.25, -0.2) is 0 Å².